The molecule has 0 aliphatic carbocycles. The molecule has 6 heavy (non-hydrogen) atoms. The zero-order chi connectivity index (χ0) is 0. The van der Waals surface area contributed by atoms with Gasteiger partial charge in [-0.25, -0.2) is 0 Å². The monoisotopic (exact) mass is 434 g/mol. The molecule has 0 rings (SSSR count). The van der Waals surface area contributed by atoms with E-state index < -0.39 is 0 Å². The Morgan fingerprint density at radius 1 is 1.00 bits per heavy atom. The second-order valence-corrected chi connectivity index (χ2v) is 0. The van der Waals surface area contributed by atoms with Gasteiger partial charge in [0.1, 0.15) is 0 Å². The van der Waals surface area contributed by atoms with E-state index in [2.05, 4.69) is 0 Å². The van der Waals surface area contributed by atoms with Gasteiger partial charge in [-0.1, -0.05) is 0 Å². The Kier molecular flexibility index (Phi) is 202. The molecule has 0 spiro atoms. The van der Waals surface area contributed by atoms with Crippen molar-refractivity contribution in [2.45, 2.75) is 0 Å². The molecular formula is H4CaNdSrTi2Zn. The van der Waals surface area contributed by atoms with Crippen molar-refractivity contribution in [3.8, 4) is 0 Å². The molecule has 0 aliphatic rings. The smallest absolute Gasteiger partial charge is 1.00 e. The molecule has 0 aromatic rings. The Hall–Kier alpha value is 6.14. The third kappa shape index (κ3) is 22.5. The Balaban J connectivity index is 0. The fourth-order valence-electron chi connectivity index (χ4n) is 0. The van der Waals surface area contributed by atoms with Crippen molar-refractivity contribution in [2.75, 3.05) is 0 Å². The van der Waals surface area contributed by atoms with Gasteiger partial charge in [0.15, 0.2) is 0 Å². The maximum atomic E-state index is 0. The van der Waals surface area contributed by atoms with E-state index in [4.69, 9.17) is 0 Å². The summed E-state index contributed by atoms with van der Waals surface area (Å²) < 4.78 is 0. The summed E-state index contributed by atoms with van der Waals surface area (Å²) in [4.78, 5) is 0. The molecule has 0 heterocycles. The van der Waals surface area contributed by atoms with E-state index in [-0.39, 0.29) is 193 Å². The maximum Gasteiger partial charge on any atom is 2.00 e. The SMILES string of the molecule is [Ca+2].[H-].[H-].[H-].[H-].[Nd].[Sr+2].[Ti].[Ti].[Zn]. The van der Waals surface area contributed by atoms with E-state index in [1.54, 1.807) is 0 Å². The largest absolute Gasteiger partial charge is 2.00 e. The first-order valence-corrected chi connectivity index (χ1v) is 0. The van der Waals surface area contributed by atoms with Crippen molar-refractivity contribution in [1.82, 2.24) is 0 Å². The second-order valence-electron chi connectivity index (χ2n) is 0. The Morgan fingerprint density at radius 2 is 1.00 bits per heavy atom. The zero-order valence-electron chi connectivity index (χ0n) is 7.62. The van der Waals surface area contributed by atoms with E-state index >= 15 is 0 Å². The summed E-state index contributed by atoms with van der Waals surface area (Å²) in [6, 6.07) is 0. The Labute approximate surface area is 187 Å². The summed E-state index contributed by atoms with van der Waals surface area (Å²) in [5.74, 6) is 0. The Bertz CT molecular complexity index is 23.2. The average molecular weight is 437 g/mol. The van der Waals surface area contributed by atoms with E-state index in [9.17, 15) is 0 Å². The molecule has 0 atom stereocenters. The third-order valence-corrected chi connectivity index (χ3v) is 0. The topological polar surface area (TPSA) is 0 Å². The normalized spacial score (nSPS) is 0. The van der Waals surface area contributed by atoms with Crippen LogP contribution < -0.4 is 0 Å². The molecule has 0 radical (unpaired) electrons. The fraction of sp³-hybridized carbons (Fsp3) is 0. The fourth-order valence-corrected chi connectivity index (χ4v) is 0. The molecule has 0 nitrogen and oxygen atoms in total. The number of rotatable bonds is 0. The van der Waals surface area contributed by atoms with E-state index in [0.29, 0.717) is 0 Å². The van der Waals surface area contributed by atoms with Gasteiger partial charge in [-0.05, 0) is 0 Å². The standard InChI is InChI=1S/Ca.Nd.Sr.2Ti.Zn.4H/q+2;;+2;;;;4*-1. The summed E-state index contributed by atoms with van der Waals surface area (Å²) in [6.45, 7) is 0. The minimum atomic E-state index is 0. The average Bonchev–Trinajstić information content (AvgIpc) is 0. The van der Waals surface area contributed by atoms with Gasteiger partial charge in [0.25, 0.3) is 0 Å². The van der Waals surface area contributed by atoms with Gasteiger partial charge in [0, 0.05) is 104 Å². The Morgan fingerprint density at radius 3 is 1.00 bits per heavy atom. The van der Waals surface area contributed by atoms with E-state index in [1.165, 1.54) is 0 Å². The van der Waals surface area contributed by atoms with E-state index in [1.807, 2.05) is 0 Å². The summed E-state index contributed by atoms with van der Waals surface area (Å²) in [5, 5.41) is 0. The molecule has 0 saturated heterocycles. The summed E-state index contributed by atoms with van der Waals surface area (Å²) >= 11 is 0. The van der Waals surface area contributed by atoms with Crippen LogP contribution in [0.4, 0.5) is 0 Å². The van der Waals surface area contributed by atoms with Crippen LogP contribution in [0.15, 0.2) is 0 Å². The minimum absolute atomic E-state index is 0. The van der Waals surface area contributed by atoms with Crippen molar-refractivity contribution in [3.05, 3.63) is 0 Å². The summed E-state index contributed by atoms with van der Waals surface area (Å²) in [7, 11) is 0. The van der Waals surface area contributed by atoms with Crippen LogP contribution in [0.5, 0.6) is 0 Å². The molecule has 0 unspecified atom stereocenters. The van der Waals surface area contributed by atoms with Crippen LogP contribution >= 0.6 is 0 Å². The quantitative estimate of drug-likeness (QED) is 0.457. The first-order chi connectivity index (χ1) is 0. The van der Waals surface area contributed by atoms with Gasteiger partial charge in [-0.2, -0.15) is 0 Å². The molecule has 0 aliphatic heterocycles. The molecule has 0 aromatic heterocycles. The van der Waals surface area contributed by atoms with Crippen LogP contribution in [-0.2, 0) is 62.9 Å². The maximum absolute atomic E-state index is 0. The predicted molar refractivity (Wildman–Crippen MR) is 16.0 cm³/mol. The predicted octanol–water partition coefficient (Wildman–Crippen LogP) is -0.319. The molecule has 0 amide bonds. The molecule has 0 saturated carbocycles. The molecule has 6 heteroatoms. The molecule has 0 N–H and O–H groups in total. The van der Waals surface area contributed by atoms with Crippen molar-refractivity contribution >= 4 is 83.2 Å². The first kappa shape index (κ1) is 40.0. The van der Waals surface area contributed by atoms with Crippen LogP contribution in [0, 0.1) is 40.8 Å². The van der Waals surface area contributed by atoms with Crippen molar-refractivity contribution in [2.24, 2.45) is 0 Å². The first-order valence-electron chi connectivity index (χ1n) is 0. The van der Waals surface area contributed by atoms with Gasteiger partial charge in [-0.3, -0.25) is 0 Å². The van der Waals surface area contributed by atoms with Gasteiger partial charge in [0.2, 0.25) is 0 Å². The van der Waals surface area contributed by atoms with Crippen LogP contribution in [-0.4, -0.2) is 83.2 Å². The van der Waals surface area contributed by atoms with Crippen molar-refractivity contribution in [3.63, 3.8) is 0 Å². The van der Waals surface area contributed by atoms with Crippen LogP contribution in [0.2, 0.25) is 0 Å². The summed E-state index contributed by atoms with van der Waals surface area (Å²) in [6.07, 6.45) is 0. The van der Waals surface area contributed by atoms with Crippen LogP contribution in [0.3, 0.4) is 0 Å². The number of hydrogen-bond donors (Lipinski definition) is 0. The van der Waals surface area contributed by atoms with E-state index in [0.717, 1.165) is 0 Å². The van der Waals surface area contributed by atoms with Crippen molar-refractivity contribution in [1.29, 1.82) is 0 Å². The zero-order valence-corrected chi connectivity index (χ0v) is 18.6. The van der Waals surface area contributed by atoms with Crippen molar-refractivity contribution < 1.29 is 109 Å². The number of hydrogen-bond acceptors (Lipinski definition) is 0. The van der Waals surface area contributed by atoms with Crippen LogP contribution in [0.25, 0.3) is 0 Å². The minimum Gasteiger partial charge on any atom is -1.00 e. The molecule has 0 bridgehead atoms. The van der Waals surface area contributed by atoms with Crippen LogP contribution in [0.1, 0.15) is 5.71 Å². The van der Waals surface area contributed by atoms with Gasteiger partial charge in [-0.15, -0.1) is 0 Å². The third-order valence-electron chi connectivity index (χ3n) is 0. The molecule has 0 fully saturated rings. The van der Waals surface area contributed by atoms with Gasteiger partial charge < -0.3 is 5.71 Å². The summed E-state index contributed by atoms with van der Waals surface area (Å²) in [5.41, 5.74) is 0. The van der Waals surface area contributed by atoms with Gasteiger partial charge in [0.05, 0.1) is 0 Å². The molecule has 0 aromatic carbocycles. The second kappa shape index (κ2) is 30.4. The molecular weight excluding hydrogens is 433 g/mol. The molecule has 22 valence electrons. The van der Waals surface area contributed by atoms with Gasteiger partial charge >= 0.3 is 83.2 Å².